The first kappa shape index (κ1) is 15.5. The average molecular weight is 349 g/mol. The van der Waals surface area contributed by atoms with Crippen molar-refractivity contribution in [2.24, 2.45) is 0 Å². The Hall–Kier alpha value is -1.88. The van der Waals surface area contributed by atoms with Crippen molar-refractivity contribution in [1.82, 2.24) is 0 Å². The number of aryl methyl sites for hydroxylation is 2. The molecule has 0 heterocycles. The highest BCUT2D eigenvalue weighted by Crippen LogP contribution is 2.31. The maximum Gasteiger partial charge on any atom is 0.293 e. The van der Waals surface area contributed by atoms with E-state index in [1.807, 2.05) is 13.0 Å². The molecule has 21 heavy (non-hydrogen) atoms. The van der Waals surface area contributed by atoms with Crippen LogP contribution in [-0.4, -0.2) is 4.92 Å². The molecule has 0 aromatic heterocycles. The van der Waals surface area contributed by atoms with Crippen molar-refractivity contribution in [3.8, 4) is 0 Å². The molecule has 2 rings (SSSR count). The molecule has 0 saturated heterocycles. The third-order valence-corrected chi connectivity index (χ3v) is 4.05. The predicted molar refractivity (Wildman–Crippen MR) is 88.8 cm³/mol. The van der Waals surface area contributed by atoms with Gasteiger partial charge in [0.05, 0.1) is 4.92 Å². The molecule has 0 aliphatic heterocycles. The van der Waals surface area contributed by atoms with E-state index in [1.165, 1.54) is 17.2 Å². The second-order valence-corrected chi connectivity index (χ2v) is 6.04. The van der Waals surface area contributed by atoms with Crippen molar-refractivity contribution in [2.45, 2.75) is 26.8 Å². The van der Waals surface area contributed by atoms with Gasteiger partial charge in [-0.1, -0.05) is 34.1 Å². The monoisotopic (exact) mass is 348 g/mol. The zero-order valence-electron chi connectivity index (χ0n) is 12.2. The van der Waals surface area contributed by atoms with Crippen LogP contribution in [0.2, 0.25) is 0 Å². The topological polar surface area (TPSA) is 55.2 Å². The van der Waals surface area contributed by atoms with Crippen LogP contribution in [0.5, 0.6) is 0 Å². The molecule has 0 fully saturated rings. The van der Waals surface area contributed by atoms with Crippen molar-refractivity contribution in [3.05, 3.63) is 67.7 Å². The van der Waals surface area contributed by atoms with Crippen LogP contribution in [0.15, 0.2) is 40.9 Å². The van der Waals surface area contributed by atoms with Crippen molar-refractivity contribution in [3.63, 3.8) is 0 Å². The first-order chi connectivity index (χ1) is 9.88. The molecule has 1 N–H and O–H groups in total. The molecule has 0 bridgehead atoms. The van der Waals surface area contributed by atoms with E-state index in [4.69, 9.17) is 0 Å². The summed E-state index contributed by atoms with van der Waals surface area (Å²) in [7, 11) is 0. The van der Waals surface area contributed by atoms with Gasteiger partial charge in [-0.3, -0.25) is 10.1 Å². The van der Waals surface area contributed by atoms with Gasteiger partial charge in [-0.25, -0.2) is 0 Å². The molecule has 4 nitrogen and oxygen atoms in total. The number of hydrogen-bond donors (Lipinski definition) is 1. The molecular formula is C16H17BrN2O2. The number of hydrogen-bond acceptors (Lipinski definition) is 3. The number of nitro benzene ring substituents is 1. The Bertz CT molecular complexity index is 686. The smallest absolute Gasteiger partial charge is 0.293 e. The summed E-state index contributed by atoms with van der Waals surface area (Å²) in [5, 5.41) is 14.4. The summed E-state index contributed by atoms with van der Waals surface area (Å²) in [6, 6.07) is 11.2. The van der Waals surface area contributed by atoms with Crippen molar-refractivity contribution < 1.29 is 4.92 Å². The highest BCUT2D eigenvalue weighted by molar-refractivity contribution is 9.10. The minimum absolute atomic E-state index is 0.0100. The van der Waals surface area contributed by atoms with Crippen LogP contribution in [-0.2, 0) is 0 Å². The fourth-order valence-corrected chi connectivity index (χ4v) is 2.48. The molecule has 0 spiro atoms. The van der Waals surface area contributed by atoms with E-state index in [1.54, 1.807) is 12.1 Å². The highest BCUT2D eigenvalue weighted by Gasteiger charge is 2.16. The molecule has 1 atom stereocenters. The largest absolute Gasteiger partial charge is 0.373 e. The Labute approximate surface area is 132 Å². The first-order valence-electron chi connectivity index (χ1n) is 6.66. The zero-order valence-corrected chi connectivity index (χ0v) is 13.8. The summed E-state index contributed by atoms with van der Waals surface area (Å²) in [4.78, 5) is 10.8. The van der Waals surface area contributed by atoms with Crippen LogP contribution in [0.1, 0.15) is 29.7 Å². The molecule has 110 valence electrons. The van der Waals surface area contributed by atoms with Gasteiger partial charge in [0.1, 0.15) is 5.69 Å². The third-order valence-electron chi connectivity index (χ3n) is 3.56. The number of nitrogens with one attached hydrogen (secondary N) is 1. The minimum atomic E-state index is -0.375. The quantitative estimate of drug-likeness (QED) is 0.614. The molecule has 2 aromatic carbocycles. The number of halogens is 1. The van der Waals surface area contributed by atoms with Gasteiger partial charge in [-0.05, 0) is 49.6 Å². The number of nitro groups is 1. The Morgan fingerprint density at radius 3 is 2.48 bits per heavy atom. The van der Waals surface area contributed by atoms with Gasteiger partial charge in [0, 0.05) is 16.6 Å². The summed E-state index contributed by atoms with van der Waals surface area (Å²) in [5.41, 5.74) is 4.15. The number of nitrogens with zero attached hydrogens (tertiary/aromatic N) is 1. The second kappa shape index (κ2) is 6.26. The lowest BCUT2D eigenvalue weighted by molar-refractivity contribution is -0.384. The van der Waals surface area contributed by atoms with Gasteiger partial charge in [0.25, 0.3) is 5.69 Å². The number of rotatable bonds is 4. The summed E-state index contributed by atoms with van der Waals surface area (Å²) in [5.74, 6) is 0. The molecule has 5 heteroatoms. The highest BCUT2D eigenvalue weighted by atomic mass is 79.9. The van der Waals surface area contributed by atoms with Gasteiger partial charge < -0.3 is 5.32 Å². The lowest BCUT2D eigenvalue weighted by atomic mass is 10.0. The average Bonchev–Trinajstić information content (AvgIpc) is 2.43. The van der Waals surface area contributed by atoms with E-state index in [9.17, 15) is 10.1 Å². The SMILES string of the molecule is Cc1ccc(C(C)Nc2ccc(Br)cc2[N+](=O)[O-])cc1C. The van der Waals surface area contributed by atoms with Crippen molar-refractivity contribution in [2.75, 3.05) is 5.32 Å². The fourth-order valence-electron chi connectivity index (χ4n) is 2.13. The van der Waals surface area contributed by atoms with Crippen LogP contribution in [0.4, 0.5) is 11.4 Å². The molecule has 0 aliphatic rings. The summed E-state index contributed by atoms with van der Waals surface area (Å²) < 4.78 is 0.693. The maximum absolute atomic E-state index is 11.1. The second-order valence-electron chi connectivity index (χ2n) is 5.13. The zero-order chi connectivity index (χ0) is 15.6. The minimum Gasteiger partial charge on any atom is -0.373 e. The lowest BCUT2D eigenvalue weighted by Crippen LogP contribution is -2.08. The Morgan fingerprint density at radius 1 is 1.14 bits per heavy atom. The molecule has 0 aliphatic carbocycles. The van der Waals surface area contributed by atoms with E-state index < -0.39 is 0 Å². The standard InChI is InChI=1S/C16H17BrN2O2/c1-10-4-5-13(8-11(10)2)12(3)18-15-7-6-14(17)9-16(15)19(20)21/h4-9,12,18H,1-3H3. The lowest BCUT2D eigenvalue weighted by Gasteiger charge is -2.17. The molecule has 1 unspecified atom stereocenters. The molecule has 0 saturated carbocycles. The van der Waals surface area contributed by atoms with Crippen LogP contribution < -0.4 is 5.32 Å². The summed E-state index contributed by atoms with van der Waals surface area (Å²) >= 11 is 3.26. The van der Waals surface area contributed by atoms with Gasteiger partial charge in [-0.15, -0.1) is 0 Å². The van der Waals surface area contributed by atoms with Crippen LogP contribution in [0.25, 0.3) is 0 Å². The first-order valence-corrected chi connectivity index (χ1v) is 7.45. The third kappa shape index (κ3) is 3.61. The van der Waals surface area contributed by atoms with Crippen LogP contribution >= 0.6 is 15.9 Å². The van der Waals surface area contributed by atoms with E-state index in [0.717, 1.165) is 5.56 Å². The van der Waals surface area contributed by atoms with Crippen molar-refractivity contribution in [1.29, 1.82) is 0 Å². The van der Waals surface area contributed by atoms with E-state index in [0.29, 0.717) is 10.2 Å². The summed E-state index contributed by atoms with van der Waals surface area (Å²) in [6.45, 7) is 6.13. The van der Waals surface area contributed by atoms with Gasteiger partial charge in [-0.2, -0.15) is 0 Å². The van der Waals surface area contributed by atoms with Crippen LogP contribution in [0, 0.1) is 24.0 Å². The van der Waals surface area contributed by atoms with Gasteiger partial charge in [0.2, 0.25) is 0 Å². The summed E-state index contributed by atoms with van der Waals surface area (Å²) in [6.07, 6.45) is 0. The maximum atomic E-state index is 11.1. The molecule has 0 radical (unpaired) electrons. The Balaban J connectivity index is 2.29. The van der Waals surface area contributed by atoms with Gasteiger partial charge in [0.15, 0.2) is 0 Å². The Kier molecular flexibility index (Phi) is 4.63. The van der Waals surface area contributed by atoms with Gasteiger partial charge >= 0.3 is 0 Å². The fraction of sp³-hybridized carbons (Fsp3) is 0.250. The molecular weight excluding hydrogens is 332 g/mol. The molecule has 0 amide bonds. The van der Waals surface area contributed by atoms with E-state index in [2.05, 4.69) is 47.2 Å². The molecule has 2 aromatic rings. The predicted octanol–water partition coefficient (Wildman–Crippen LogP) is 5.15. The normalized spacial score (nSPS) is 12.0. The van der Waals surface area contributed by atoms with Crippen molar-refractivity contribution >= 4 is 27.3 Å². The van der Waals surface area contributed by atoms with E-state index >= 15 is 0 Å². The van der Waals surface area contributed by atoms with Crippen LogP contribution in [0.3, 0.4) is 0 Å². The Morgan fingerprint density at radius 2 is 1.86 bits per heavy atom. The van der Waals surface area contributed by atoms with E-state index in [-0.39, 0.29) is 16.7 Å². The number of benzene rings is 2. The number of anilines is 1.